The van der Waals surface area contributed by atoms with E-state index in [4.69, 9.17) is 0 Å². The van der Waals surface area contributed by atoms with E-state index in [0.717, 1.165) is 29.9 Å². The van der Waals surface area contributed by atoms with E-state index in [1.54, 1.807) is 12.4 Å². The maximum Gasteiger partial charge on any atom is 0.180 e. The van der Waals surface area contributed by atoms with Gasteiger partial charge in [-0.25, -0.2) is 9.97 Å². The van der Waals surface area contributed by atoms with Gasteiger partial charge in [-0.05, 0) is 31.4 Å². The lowest BCUT2D eigenvalue weighted by Crippen LogP contribution is -2.31. The molecule has 0 aliphatic carbocycles. The average molecular weight is 321 g/mol. The Morgan fingerprint density at radius 2 is 2.21 bits per heavy atom. The van der Waals surface area contributed by atoms with E-state index in [-0.39, 0.29) is 0 Å². The molecule has 0 amide bonds. The summed E-state index contributed by atoms with van der Waals surface area (Å²) in [4.78, 5) is 16.2. The van der Waals surface area contributed by atoms with E-state index in [1.165, 1.54) is 12.8 Å². The molecule has 2 aromatic rings. The Kier molecular flexibility index (Phi) is 3.64. The summed E-state index contributed by atoms with van der Waals surface area (Å²) < 4.78 is 0. The van der Waals surface area contributed by atoms with Gasteiger partial charge in [0.15, 0.2) is 5.65 Å². The van der Waals surface area contributed by atoms with E-state index >= 15 is 0 Å². The highest BCUT2D eigenvalue weighted by Crippen LogP contribution is 2.28. The van der Waals surface area contributed by atoms with Crippen molar-refractivity contribution in [3.05, 3.63) is 24.5 Å². The van der Waals surface area contributed by atoms with Gasteiger partial charge < -0.3 is 4.90 Å². The van der Waals surface area contributed by atoms with Gasteiger partial charge >= 0.3 is 0 Å². The number of hydrogen-bond acceptors (Lipinski definition) is 4. The molecule has 1 fully saturated rings. The van der Waals surface area contributed by atoms with Crippen LogP contribution in [-0.4, -0.2) is 32.4 Å². The first-order valence-corrected chi connectivity index (χ1v) is 7.64. The highest BCUT2D eigenvalue weighted by molar-refractivity contribution is 9.09. The van der Waals surface area contributed by atoms with Crippen molar-refractivity contribution < 1.29 is 0 Å². The molecule has 0 aromatic carbocycles. The molecule has 3 heterocycles. The minimum Gasteiger partial charge on any atom is -0.354 e. The summed E-state index contributed by atoms with van der Waals surface area (Å²) in [5, 5.41) is 0. The van der Waals surface area contributed by atoms with Crippen LogP contribution >= 0.6 is 15.9 Å². The van der Waals surface area contributed by atoms with Gasteiger partial charge in [0.2, 0.25) is 0 Å². The third-order valence-corrected chi connectivity index (χ3v) is 3.96. The minimum absolute atomic E-state index is 0.540. The van der Waals surface area contributed by atoms with Crippen molar-refractivity contribution in [1.29, 1.82) is 0 Å². The Labute approximate surface area is 121 Å². The van der Waals surface area contributed by atoms with Crippen LogP contribution < -0.4 is 4.90 Å². The highest BCUT2D eigenvalue weighted by atomic mass is 79.9. The van der Waals surface area contributed by atoms with Crippen molar-refractivity contribution in [3.8, 4) is 0 Å². The molecule has 2 aromatic heterocycles. The van der Waals surface area contributed by atoms with Crippen molar-refractivity contribution in [1.82, 2.24) is 15.0 Å². The van der Waals surface area contributed by atoms with Gasteiger partial charge in [-0.15, -0.1) is 0 Å². The second-order valence-electron chi connectivity index (χ2n) is 5.07. The molecule has 5 heteroatoms. The largest absolute Gasteiger partial charge is 0.354 e. The lowest BCUT2D eigenvalue weighted by molar-refractivity contribution is 0.609. The maximum atomic E-state index is 4.65. The first-order valence-electron chi connectivity index (χ1n) is 6.72. The van der Waals surface area contributed by atoms with Crippen LogP contribution in [0.5, 0.6) is 0 Å². The Bertz CT molecular complexity index is 572. The first-order chi connectivity index (χ1) is 9.24. The van der Waals surface area contributed by atoms with Crippen molar-refractivity contribution in [3.63, 3.8) is 0 Å². The van der Waals surface area contributed by atoms with Crippen LogP contribution in [0.4, 0.5) is 5.82 Å². The molecular weight excluding hydrogens is 304 g/mol. The van der Waals surface area contributed by atoms with E-state index < -0.39 is 0 Å². The third kappa shape index (κ3) is 2.71. The molecule has 0 N–H and O–H groups in total. The molecule has 1 aliphatic rings. The summed E-state index contributed by atoms with van der Waals surface area (Å²) in [6.07, 6.45) is 7.04. The fraction of sp³-hybridized carbons (Fsp3) is 0.500. The summed E-state index contributed by atoms with van der Waals surface area (Å²) in [6.45, 7) is 3.29. The molecule has 0 saturated carbocycles. The summed E-state index contributed by atoms with van der Waals surface area (Å²) in [7, 11) is 0. The zero-order valence-corrected chi connectivity index (χ0v) is 12.5. The fourth-order valence-electron chi connectivity index (χ4n) is 2.76. The number of pyridine rings is 1. The van der Waals surface area contributed by atoms with Gasteiger partial charge in [-0.3, -0.25) is 4.98 Å². The molecule has 100 valence electrons. The predicted octanol–water partition coefficient (Wildman–Crippen LogP) is 3.17. The molecule has 2 atom stereocenters. The quantitative estimate of drug-likeness (QED) is 0.815. The van der Waals surface area contributed by atoms with E-state index in [0.29, 0.717) is 10.9 Å². The number of rotatable bonds is 3. The van der Waals surface area contributed by atoms with Crippen LogP contribution in [0.2, 0.25) is 0 Å². The standard InChI is InChI=1S/C14H17BrN4/c1-10(15)9-11-3-2-8-19(11)13-5-4-12-14(18-13)17-7-6-16-12/h4-7,10-11H,2-3,8-9H2,1H3. The van der Waals surface area contributed by atoms with Crippen molar-refractivity contribution in [2.24, 2.45) is 0 Å². The summed E-state index contributed by atoms with van der Waals surface area (Å²) in [6, 6.07) is 4.65. The van der Waals surface area contributed by atoms with Gasteiger partial charge in [-0.1, -0.05) is 22.9 Å². The maximum absolute atomic E-state index is 4.65. The molecule has 0 bridgehead atoms. The zero-order chi connectivity index (χ0) is 13.2. The van der Waals surface area contributed by atoms with Crippen LogP contribution in [0.3, 0.4) is 0 Å². The van der Waals surface area contributed by atoms with E-state index in [1.807, 2.05) is 6.07 Å². The van der Waals surface area contributed by atoms with Crippen LogP contribution in [0.1, 0.15) is 26.2 Å². The van der Waals surface area contributed by atoms with Crippen molar-refractivity contribution in [2.45, 2.75) is 37.1 Å². The lowest BCUT2D eigenvalue weighted by Gasteiger charge is -2.26. The number of fused-ring (bicyclic) bond motifs is 1. The molecular formula is C14H17BrN4. The molecule has 19 heavy (non-hydrogen) atoms. The number of alkyl halides is 1. The van der Waals surface area contributed by atoms with E-state index in [2.05, 4.69) is 48.8 Å². The van der Waals surface area contributed by atoms with E-state index in [9.17, 15) is 0 Å². The molecule has 2 unspecified atom stereocenters. The fourth-order valence-corrected chi connectivity index (χ4v) is 3.19. The average Bonchev–Trinajstić information content (AvgIpc) is 2.85. The van der Waals surface area contributed by atoms with Crippen LogP contribution in [0, 0.1) is 0 Å². The lowest BCUT2D eigenvalue weighted by atomic mass is 10.1. The summed E-state index contributed by atoms with van der Waals surface area (Å²) in [5.41, 5.74) is 1.59. The zero-order valence-electron chi connectivity index (χ0n) is 11.0. The number of anilines is 1. The second kappa shape index (κ2) is 5.41. The molecule has 3 rings (SSSR count). The Balaban J connectivity index is 1.90. The molecule has 4 nitrogen and oxygen atoms in total. The third-order valence-electron chi connectivity index (χ3n) is 3.59. The Morgan fingerprint density at radius 1 is 1.37 bits per heavy atom. The van der Waals surface area contributed by atoms with Gasteiger partial charge in [0.1, 0.15) is 11.3 Å². The van der Waals surface area contributed by atoms with Gasteiger partial charge in [-0.2, -0.15) is 0 Å². The van der Waals surface area contributed by atoms with Crippen LogP contribution in [0.25, 0.3) is 11.2 Å². The molecule has 0 radical (unpaired) electrons. The number of halogens is 1. The number of nitrogens with zero attached hydrogens (tertiary/aromatic N) is 4. The monoisotopic (exact) mass is 320 g/mol. The Hall–Kier alpha value is -1.23. The number of hydrogen-bond donors (Lipinski definition) is 0. The minimum atomic E-state index is 0.540. The molecule has 0 spiro atoms. The highest BCUT2D eigenvalue weighted by Gasteiger charge is 2.26. The summed E-state index contributed by atoms with van der Waals surface area (Å²) >= 11 is 3.65. The SMILES string of the molecule is CC(Br)CC1CCCN1c1ccc2nccnc2n1. The topological polar surface area (TPSA) is 41.9 Å². The smallest absolute Gasteiger partial charge is 0.180 e. The van der Waals surface area contributed by atoms with Gasteiger partial charge in [0, 0.05) is 29.8 Å². The Morgan fingerprint density at radius 3 is 3.05 bits per heavy atom. The van der Waals surface area contributed by atoms with Gasteiger partial charge in [0.05, 0.1) is 0 Å². The van der Waals surface area contributed by atoms with Crippen molar-refractivity contribution in [2.75, 3.05) is 11.4 Å². The predicted molar refractivity (Wildman–Crippen MR) is 80.7 cm³/mol. The van der Waals surface area contributed by atoms with Gasteiger partial charge in [0.25, 0.3) is 0 Å². The van der Waals surface area contributed by atoms with Crippen LogP contribution in [0.15, 0.2) is 24.5 Å². The summed E-state index contributed by atoms with van der Waals surface area (Å²) in [5.74, 6) is 1.03. The van der Waals surface area contributed by atoms with Crippen molar-refractivity contribution >= 4 is 32.9 Å². The second-order valence-corrected chi connectivity index (χ2v) is 6.64. The molecule has 1 aliphatic heterocycles. The number of aromatic nitrogens is 3. The first kappa shape index (κ1) is 12.8. The molecule has 1 saturated heterocycles. The van der Waals surface area contributed by atoms with Crippen LogP contribution in [-0.2, 0) is 0 Å². The normalized spacial score (nSPS) is 20.9.